The van der Waals surface area contributed by atoms with Crippen LogP contribution in [0.3, 0.4) is 0 Å². The molecule has 116 valence electrons. The predicted molar refractivity (Wildman–Crippen MR) is 89.1 cm³/mol. The molecular formula is C19H16ClNO2. The lowest BCUT2D eigenvalue weighted by Gasteiger charge is -2.15. The standard InChI is InChI=1S/C19H16ClNO2/c1-12(23-18-8-5-13(11-21)9-17(18)20)19(22)16-7-6-14-3-2-4-15(14)10-16/h5-10,12H,2-4H2,1H3/t12-/m0/s1. The van der Waals surface area contributed by atoms with E-state index < -0.39 is 6.10 Å². The van der Waals surface area contributed by atoms with Gasteiger partial charge in [-0.05, 0) is 61.6 Å². The third-order valence-electron chi connectivity index (χ3n) is 4.12. The van der Waals surface area contributed by atoms with Crippen LogP contribution in [0.1, 0.15) is 40.4 Å². The van der Waals surface area contributed by atoms with Gasteiger partial charge in [0.25, 0.3) is 0 Å². The van der Waals surface area contributed by atoms with Gasteiger partial charge in [0.05, 0.1) is 16.7 Å². The average Bonchev–Trinajstić information content (AvgIpc) is 3.03. The molecule has 1 aliphatic carbocycles. The van der Waals surface area contributed by atoms with E-state index in [1.54, 1.807) is 19.1 Å². The maximum atomic E-state index is 12.6. The fraction of sp³-hybridized carbons (Fsp3) is 0.263. The zero-order valence-corrected chi connectivity index (χ0v) is 13.6. The molecule has 0 saturated carbocycles. The number of hydrogen-bond donors (Lipinski definition) is 0. The number of rotatable bonds is 4. The van der Waals surface area contributed by atoms with E-state index >= 15 is 0 Å². The van der Waals surface area contributed by atoms with Crippen LogP contribution in [0.15, 0.2) is 36.4 Å². The van der Waals surface area contributed by atoms with E-state index in [-0.39, 0.29) is 5.78 Å². The number of halogens is 1. The molecule has 3 nitrogen and oxygen atoms in total. The van der Waals surface area contributed by atoms with Crippen LogP contribution in [-0.4, -0.2) is 11.9 Å². The van der Waals surface area contributed by atoms with Gasteiger partial charge in [0.2, 0.25) is 5.78 Å². The van der Waals surface area contributed by atoms with E-state index in [4.69, 9.17) is 21.6 Å². The molecule has 0 bridgehead atoms. The highest BCUT2D eigenvalue weighted by Crippen LogP contribution is 2.28. The smallest absolute Gasteiger partial charge is 0.203 e. The van der Waals surface area contributed by atoms with Crippen molar-refractivity contribution in [3.63, 3.8) is 0 Å². The van der Waals surface area contributed by atoms with E-state index in [0.29, 0.717) is 21.9 Å². The first-order valence-corrected chi connectivity index (χ1v) is 7.98. The van der Waals surface area contributed by atoms with Crippen LogP contribution in [0, 0.1) is 11.3 Å². The van der Waals surface area contributed by atoms with Gasteiger partial charge >= 0.3 is 0 Å². The highest BCUT2D eigenvalue weighted by atomic mass is 35.5. The molecule has 0 aromatic heterocycles. The van der Waals surface area contributed by atoms with Crippen LogP contribution in [0.25, 0.3) is 0 Å². The molecule has 3 rings (SSSR count). The SMILES string of the molecule is C[C@H](Oc1ccc(C#N)cc1Cl)C(=O)c1ccc2c(c1)CCC2. The Bertz CT molecular complexity index is 808. The summed E-state index contributed by atoms with van der Waals surface area (Å²) < 4.78 is 5.69. The molecule has 23 heavy (non-hydrogen) atoms. The van der Waals surface area contributed by atoms with Crippen molar-refractivity contribution in [3.8, 4) is 11.8 Å². The van der Waals surface area contributed by atoms with Gasteiger partial charge in [-0.3, -0.25) is 4.79 Å². The Morgan fingerprint density at radius 2 is 2.00 bits per heavy atom. The molecule has 4 heteroatoms. The van der Waals surface area contributed by atoms with Crippen molar-refractivity contribution >= 4 is 17.4 Å². The van der Waals surface area contributed by atoms with Crippen molar-refractivity contribution in [2.45, 2.75) is 32.3 Å². The molecule has 0 fully saturated rings. The van der Waals surface area contributed by atoms with Gasteiger partial charge in [-0.1, -0.05) is 23.7 Å². The second-order valence-corrected chi connectivity index (χ2v) is 6.13. The minimum atomic E-state index is -0.639. The average molecular weight is 326 g/mol. The van der Waals surface area contributed by atoms with Gasteiger partial charge in [0.15, 0.2) is 6.10 Å². The summed E-state index contributed by atoms with van der Waals surface area (Å²) in [6.07, 6.45) is 2.64. The first-order valence-electron chi connectivity index (χ1n) is 7.61. The molecule has 0 spiro atoms. The van der Waals surface area contributed by atoms with Crippen molar-refractivity contribution in [1.29, 1.82) is 5.26 Å². The Balaban J connectivity index is 1.76. The fourth-order valence-corrected chi connectivity index (χ4v) is 3.09. The third kappa shape index (κ3) is 3.23. The third-order valence-corrected chi connectivity index (χ3v) is 4.41. The quantitative estimate of drug-likeness (QED) is 0.785. The van der Waals surface area contributed by atoms with Gasteiger partial charge in [0.1, 0.15) is 5.75 Å². The van der Waals surface area contributed by atoms with Crippen LogP contribution in [-0.2, 0) is 12.8 Å². The van der Waals surface area contributed by atoms with E-state index in [1.807, 2.05) is 24.3 Å². The summed E-state index contributed by atoms with van der Waals surface area (Å²) in [5.41, 5.74) is 3.73. The number of benzene rings is 2. The molecule has 2 aromatic rings. The first-order chi connectivity index (χ1) is 11.1. The van der Waals surface area contributed by atoms with Crippen molar-refractivity contribution in [3.05, 3.63) is 63.7 Å². The van der Waals surface area contributed by atoms with Crippen LogP contribution in [0.4, 0.5) is 0 Å². The van der Waals surface area contributed by atoms with E-state index in [1.165, 1.54) is 17.2 Å². The Hall–Kier alpha value is -2.31. The molecule has 2 aromatic carbocycles. The number of ketones is 1. The zero-order valence-electron chi connectivity index (χ0n) is 12.8. The summed E-state index contributed by atoms with van der Waals surface area (Å²) in [6.45, 7) is 1.71. The zero-order chi connectivity index (χ0) is 16.4. The normalized spacial score (nSPS) is 14.0. The van der Waals surface area contributed by atoms with Gasteiger partial charge in [-0.2, -0.15) is 5.26 Å². The number of hydrogen-bond acceptors (Lipinski definition) is 3. The number of nitriles is 1. The van der Waals surface area contributed by atoms with E-state index in [2.05, 4.69) is 0 Å². The highest BCUT2D eigenvalue weighted by molar-refractivity contribution is 6.32. The van der Waals surface area contributed by atoms with Crippen LogP contribution in [0.5, 0.6) is 5.75 Å². The number of Topliss-reactive ketones (excluding diaryl/α,β-unsaturated/α-hetero) is 1. The lowest BCUT2D eigenvalue weighted by molar-refractivity contribution is 0.0818. The van der Waals surface area contributed by atoms with E-state index in [0.717, 1.165) is 19.3 Å². The number of carbonyl (C=O) groups is 1. The summed E-state index contributed by atoms with van der Waals surface area (Å²) in [5, 5.41) is 9.18. The minimum Gasteiger partial charge on any atom is -0.481 e. The maximum absolute atomic E-state index is 12.6. The Morgan fingerprint density at radius 1 is 1.22 bits per heavy atom. The number of carbonyl (C=O) groups excluding carboxylic acids is 1. The van der Waals surface area contributed by atoms with E-state index in [9.17, 15) is 4.79 Å². The largest absolute Gasteiger partial charge is 0.481 e. The summed E-state index contributed by atoms with van der Waals surface area (Å²) in [4.78, 5) is 12.6. The number of nitrogens with zero attached hydrogens (tertiary/aromatic N) is 1. The van der Waals surface area contributed by atoms with Gasteiger partial charge < -0.3 is 4.74 Å². The number of fused-ring (bicyclic) bond motifs is 1. The van der Waals surface area contributed by atoms with Crippen molar-refractivity contribution < 1.29 is 9.53 Å². The molecular weight excluding hydrogens is 310 g/mol. The molecule has 1 aliphatic rings. The molecule has 1 atom stereocenters. The molecule has 0 amide bonds. The minimum absolute atomic E-state index is 0.0693. The second kappa shape index (κ2) is 6.44. The van der Waals surface area contributed by atoms with Gasteiger partial charge in [0, 0.05) is 5.56 Å². The first kappa shape index (κ1) is 15.6. The molecule has 0 radical (unpaired) electrons. The predicted octanol–water partition coefficient (Wildman–Crippen LogP) is 4.35. The molecule has 0 heterocycles. The summed E-state index contributed by atoms with van der Waals surface area (Å²) in [6, 6.07) is 12.7. The molecule has 0 saturated heterocycles. The Kier molecular flexibility index (Phi) is 4.36. The van der Waals surface area contributed by atoms with Gasteiger partial charge in [-0.15, -0.1) is 0 Å². The van der Waals surface area contributed by atoms with Crippen molar-refractivity contribution in [2.24, 2.45) is 0 Å². The molecule has 0 N–H and O–H groups in total. The van der Waals surface area contributed by atoms with Gasteiger partial charge in [-0.25, -0.2) is 0 Å². The molecule has 0 unspecified atom stereocenters. The van der Waals surface area contributed by atoms with Crippen molar-refractivity contribution in [1.82, 2.24) is 0 Å². The Labute approximate surface area is 140 Å². The van der Waals surface area contributed by atoms with Crippen LogP contribution in [0.2, 0.25) is 5.02 Å². The lowest BCUT2D eigenvalue weighted by atomic mass is 10.0. The van der Waals surface area contributed by atoms with Crippen molar-refractivity contribution in [2.75, 3.05) is 0 Å². The summed E-state index contributed by atoms with van der Waals surface area (Å²) >= 11 is 6.09. The number of ether oxygens (including phenoxy) is 1. The Morgan fingerprint density at radius 3 is 2.74 bits per heavy atom. The second-order valence-electron chi connectivity index (χ2n) is 5.72. The monoisotopic (exact) mass is 325 g/mol. The molecule has 0 aliphatic heterocycles. The summed E-state index contributed by atoms with van der Waals surface area (Å²) in [7, 11) is 0. The topological polar surface area (TPSA) is 50.1 Å². The fourth-order valence-electron chi connectivity index (χ4n) is 2.87. The highest BCUT2D eigenvalue weighted by Gasteiger charge is 2.20. The lowest BCUT2D eigenvalue weighted by Crippen LogP contribution is -2.24. The van der Waals surface area contributed by atoms with Crippen LogP contribution >= 0.6 is 11.6 Å². The summed E-state index contributed by atoms with van der Waals surface area (Å²) in [5.74, 6) is 0.341. The van der Waals surface area contributed by atoms with Crippen LogP contribution < -0.4 is 4.74 Å². The maximum Gasteiger partial charge on any atom is 0.203 e. The number of aryl methyl sites for hydroxylation is 2.